The van der Waals surface area contributed by atoms with Crippen molar-refractivity contribution in [3.63, 3.8) is 0 Å². The predicted octanol–water partition coefficient (Wildman–Crippen LogP) is 3.97. The summed E-state index contributed by atoms with van der Waals surface area (Å²) in [6.07, 6.45) is 2.52. The summed E-state index contributed by atoms with van der Waals surface area (Å²) in [5.41, 5.74) is 9.61. The maximum absolute atomic E-state index is 6.75. The molecule has 2 aliphatic rings. The summed E-state index contributed by atoms with van der Waals surface area (Å²) in [4.78, 5) is 2.59. The van der Waals surface area contributed by atoms with Crippen molar-refractivity contribution in [3.05, 3.63) is 59.7 Å². The van der Waals surface area contributed by atoms with Crippen LogP contribution in [0.3, 0.4) is 0 Å². The average molecular weight is 288 g/mol. The van der Waals surface area contributed by atoms with E-state index in [9.17, 15) is 0 Å². The molecule has 0 spiro atoms. The Balaban J connectivity index is 1.94. The minimum atomic E-state index is 0.140. The Morgan fingerprint density at radius 3 is 2.27 bits per heavy atom. The van der Waals surface area contributed by atoms with E-state index in [1.807, 2.05) is 0 Å². The van der Waals surface area contributed by atoms with Crippen molar-refractivity contribution in [1.29, 1.82) is 0 Å². The van der Waals surface area contributed by atoms with E-state index >= 15 is 0 Å². The number of benzene rings is 3. The van der Waals surface area contributed by atoms with E-state index in [0.29, 0.717) is 6.04 Å². The van der Waals surface area contributed by atoms with Crippen LogP contribution in [0.4, 0.5) is 0 Å². The highest BCUT2D eigenvalue weighted by atomic mass is 15.2. The monoisotopic (exact) mass is 288 g/mol. The van der Waals surface area contributed by atoms with Crippen molar-refractivity contribution in [1.82, 2.24) is 4.90 Å². The standard InChI is InChI=1S/C20H20N2/c21-20-18-10-5-11-22(18)12-17-15-8-2-1-6-13(15)14-7-3-4-9-16(14)19(17)20/h1-4,6-9,18,20H,5,10-12,21H2. The summed E-state index contributed by atoms with van der Waals surface area (Å²) in [7, 11) is 0. The quantitative estimate of drug-likeness (QED) is 0.634. The molecule has 3 aromatic carbocycles. The van der Waals surface area contributed by atoms with Gasteiger partial charge in [0.1, 0.15) is 0 Å². The lowest BCUT2D eigenvalue weighted by Gasteiger charge is -2.38. The molecule has 2 atom stereocenters. The highest BCUT2D eigenvalue weighted by Gasteiger charge is 2.37. The van der Waals surface area contributed by atoms with Gasteiger partial charge in [0.15, 0.2) is 0 Å². The summed E-state index contributed by atoms with van der Waals surface area (Å²) in [5.74, 6) is 0. The molecule has 2 nitrogen and oxygen atoms in total. The fourth-order valence-electron chi connectivity index (χ4n) is 4.64. The third kappa shape index (κ3) is 1.57. The van der Waals surface area contributed by atoms with Crippen molar-refractivity contribution in [3.8, 4) is 0 Å². The fourth-order valence-corrected chi connectivity index (χ4v) is 4.64. The molecule has 0 saturated carbocycles. The van der Waals surface area contributed by atoms with Gasteiger partial charge in [0, 0.05) is 18.6 Å². The van der Waals surface area contributed by atoms with Gasteiger partial charge in [0.25, 0.3) is 0 Å². The topological polar surface area (TPSA) is 29.3 Å². The fraction of sp³-hybridized carbons (Fsp3) is 0.300. The van der Waals surface area contributed by atoms with Crippen LogP contribution >= 0.6 is 0 Å². The summed E-state index contributed by atoms with van der Waals surface area (Å²) in [5, 5.41) is 5.45. The highest BCUT2D eigenvalue weighted by Crippen LogP contribution is 2.43. The maximum Gasteiger partial charge on any atom is 0.0462 e. The molecule has 110 valence electrons. The first-order valence-corrected chi connectivity index (χ1v) is 8.26. The molecule has 0 aromatic heterocycles. The van der Waals surface area contributed by atoms with Crippen molar-refractivity contribution < 1.29 is 0 Å². The first-order chi connectivity index (χ1) is 10.8. The second kappa shape index (κ2) is 4.55. The lowest BCUT2D eigenvalue weighted by atomic mass is 9.82. The minimum Gasteiger partial charge on any atom is -0.323 e. The first kappa shape index (κ1) is 12.6. The zero-order valence-corrected chi connectivity index (χ0v) is 12.6. The molecule has 0 bridgehead atoms. The summed E-state index contributed by atoms with van der Waals surface area (Å²) >= 11 is 0. The molecule has 2 unspecified atom stereocenters. The van der Waals surface area contributed by atoms with Gasteiger partial charge < -0.3 is 5.73 Å². The summed E-state index contributed by atoms with van der Waals surface area (Å²) in [6, 6.07) is 18.3. The molecule has 5 rings (SSSR count). The Labute approximate surface area is 130 Å². The van der Waals surface area contributed by atoms with E-state index in [2.05, 4.69) is 53.4 Å². The molecule has 1 saturated heterocycles. The molecular formula is C20H20N2. The minimum absolute atomic E-state index is 0.140. The zero-order valence-electron chi connectivity index (χ0n) is 12.6. The van der Waals surface area contributed by atoms with Gasteiger partial charge in [0.05, 0.1) is 0 Å². The van der Waals surface area contributed by atoms with E-state index in [4.69, 9.17) is 5.73 Å². The van der Waals surface area contributed by atoms with Crippen LogP contribution in [0, 0.1) is 0 Å². The Bertz CT molecular complexity index is 883. The van der Waals surface area contributed by atoms with Crippen LogP contribution in [-0.4, -0.2) is 17.5 Å². The molecule has 22 heavy (non-hydrogen) atoms. The summed E-state index contributed by atoms with van der Waals surface area (Å²) in [6.45, 7) is 2.25. The van der Waals surface area contributed by atoms with Gasteiger partial charge in [-0.05, 0) is 52.1 Å². The smallest absolute Gasteiger partial charge is 0.0462 e. The molecule has 0 aliphatic carbocycles. The molecule has 1 fully saturated rings. The second-order valence-corrected chi connectivity index (χ2v) is 6.69. The highest BCUT2D eigenvalue weighted by molar-refractivity contribution is 6.11. The molecule has 0 radical (unpaired) electrons. The Morgan fingerprint density at radius 1 is 0.864 bits per heavy atom. The van der Waals surface area contributed by atoms with Crippen LogP contribution in [0.2, 0.25) is 0 Å². The van der Waals surface area contributed by atoms with Crippen molar-refractivity contribution in [2.45, 2.75) is 31.5 Å². The average Bonchev–Trinajstić information content (AvgIpc) is 3.04. The zero-order chi connectivity index (χ0) is 14.7. The van der Waals surface area contributed by atoms with Gasteiger partial charge in [0.2, 0.25) is 0 Å². The first-order valence-electron chi connectivity index (χ1n) is 8.26. The number of fused-ring (bicyclic) bond motifs is 7. The van der Waals surface area contributed by atoms with Crippen molar-refractivity contribution >= 4 is 21.5 Å². The lowest BCUT2D eigenvalue weighted by Crippen LogP contribution is -2.42. The van der Waals surface area contributed by atoms with Crippen LogP contribution in [0.25, 0.3) is 21.5 Å². The van der Waals surface area contributed by atoms with Crippen LogP contribution in [0.5, 0.6) is 0 Å². The Hall–Kier alpha value is -1.90. The van der Waals surface area contributed by atoms with Gasteiger partial charge in [-0.1, -0.05) is 48.5 Å². The third-order valence-electron chi connectivity index (χ3n) is 5.61. The molecule has 2 heteroatoms. The normalized spacial score (nSPS) is 24.6. The largest absolute Gasteiger partial charge is 0.323 e. The van der Waals surface area contributed by atoms with Crippen LogP contribution < -0.4 is 5.73 Å². The number of nitrogens with two attached hydrogens (primary N) is 1. The van der Waals surface area contributed by atoms with Crippen LogP contribution in [0.1, 0.15) is 30.0 Å². The number of nitrogens with zero attached hydrogens (tertiary/aromatic N) is 1. The van der Waals surface area contributed by atoms with E-state index < -0.39 is 0 Å². The third-order valence-corrected chi connectivity index (χ3v) is 5.61. The van der Waals surface area contributed by atoms with Gasteiger partial charge in [-0.3, -0.25) is 4.90 Å². The number of hydrogen-bond donors (Lipinski definition) is 1. The SMILES string of the molecule is NC1c2c(c3ccccc3c3ccccc23)CN2CCCC12. The van der Waals surface area contributed by atoms with Gasteiger partial charge >= 0.3 is 0 Å². The Morgan fingerprint density at radius 2 is 1.50 bits per heavy atom. The number of hydrogen-bond acceptors (Lipinski definition) is 2. The molecular weight excluding hydrogens is 268 g/mol. The van der Waals surface area contributed by atoms with Crippen LogP contribution in [0.15, 0.2) is 48.5 Å². The van der Waals surface area contributed by atoms with E-state index in [1.165, 1.54) is 52.1 Å². The maximum atomic E-state index is 6.75. The molecule has 2 aliphatic heterocycles. The lowest BCUT2D eigenvalue weighted by molar-refractivity contribution is 0.200. The van der Waals surface area contributed by atoms with E-state index in [0.717, 1.165) is 6.54 Å². The summed E-state index contributed by atoms with van der Waals surface area (Å²) < 4.78 is 0. The van der Waals surface area contributed by atoms with Gasteiger partial charge in [-0.15, -0.1) is 0 Å². The van der Waals surface area contributed by atoms with Crippen LogP contribution in [-0.2, 0) is 6.54 Å². The predicted molar refractivity (Wildman–Crippen MR) is 91.8 cm³/mol. The molecule has 0 amide bonds. The van der Waals surface area contributed by atoms with Gasteiger partial charge in [-0.2, -0.15) is 0 Å². The Kier molecular flexibility index (Phi) is 2.61. The number of rotatable bonds is 0. The van der Waals surface area contributed by atoms with Crippen molar-refractivity contribution in [2.75, 3.05) is 6.54 Å². The second-order valence-electron chi connectivity index (χ2n) is 6.69. The molecule has 2 heterocycles. The van der Waals surface area contributed by atoms with Crippen molar-refractivity contribution in [2.24, 2.45) is 5.73 Å². The van der Waals surface area contributed by atoms with E-state index in [1.54, 1.807) is 0 Å². The molecule has 2 N–H and O–H groups in total. The van der Waals surface area contributed by atoms with E-state index in [-0.39, 0.29) is 6.04 Å². The molecule has 3 aromatic rings. The van der Waals surface area contributed by atoms with Gasteiger partial charge in [-0.25, -0.2) is 0 Å².